The lowest BCUT2D eigenvalue weighted by Crippen LogP contribution is -2.36. The van der Waals surface area contributed by atoms with Crippen LogP contribution in [0.25, 0.3) is 0 Å². The summed E-state index contributed by atoms with van der Waals surface area (Å²) in [5.41, 5.74) is 1.78. The molecule has 0 unspecified atom stereocenters. The zero-order chi connectivity index (χ0) is 13.8. The molecule has 19 heavy (non-hydrogen) atoms. The van der Waals surface area contributed by atoms with Gasteiger partial charge in [-0.1, -0.05) is 12.1 Å². The molecular weight excluding hydrogens is 244 g/mol. The van der Waals surface area contributed by atoms with Crippen LogP contribution in [-0.4, -0.2) is 24.6 Å². The monoisotopic (exact) mass is 264 g/mol. The fourth-order valence-electron chi connectivity index (χ4n) is 2.50. The molecule has 0 heterocycles. The summed E-state index contributed by atoms with van der Waals surface area (Å²) in [6, 6.07) is 5.14. The van der Waals surface area contributed by atoms with Crippen molar-refractivity contribution in [1.82, 2.24) is 5.32 Å². The molecule has 0 radical (unpaired) electrons. The van der Waals surface area contributed by atoms with Crippen LogP contribution >= 0.6 is 0 Å². The third-order valence-corrected chi connectivity index (χ3v) is 3.77. The van der Waals surface area contributed by atoms with Crippen molar-refractivity contribution in [1.29, 1.82) is 0 Å². The number of hydrogen-bond acceptors (Lipinski definition) is 4. The van der Waals surface area contributed by atoms with E-state index in [0.29, 0.717) is 24.2 Å². The molecule has 1 aromatic rings. The summed E-state index contributed by atoms with van der Waals surface area (Å²) < 4.78 is 5.81. The quantitative estimate of drug-likeness (QED) is 0.633. The third-order valence-electron chi connectivity index (χ3n) is 3.77. The fraction of sp³-hybridized carbons (Fsp3) is 0.571. The Balaban J connectivity index is 1.87. The molecule has 1 aliphatic rings. The first kappa shape index (κ1) is 14.0. The van der Waals surface area contributed by atoms with Gasteiger partial charge in [-0.05, 0) is 44.8 Å². The number of nitro groups is 1. The molecule has 0 spiro atoms. The van der Waals surface area contributed by atoms with Crippen LogP contribution in [0, 0.1) is 23.0 Å². The Morgan fingerprint density at radius 2 is 2.21 bits per heavy atom. The van der Waals surface area contributed by atoms with E-state index >= 15 is 0 Å². The van der Waals surface area contributed by atoms with E-state index in [1.807, 2.05) is 13.1 Å². The second-order valence-corrected chi connectivity index (χ2v) is 5.15. The molecule has 2 rings (SSSR count). The smallest absolute Gasteiger partial charge is 0.272 e. The molecule has 0 aliphatic heterocycles. The van der Waals surface area contributed by atoms with Gasteiger partial charge in [0, 0.05) is 11.6 Å². The first-order valence-electron chi connectivity index (χ1n) is 6.61. The summed E-state index contributed by atoms with van der Waals surface area (Å²) >= 11 is 0. The van der Waals surface area contributed by atoms with Crippen LogP contribution in [0.4, 0.5) is 5.69 Å². The lowest BCUT2D eigenvalue weighted by molar-refractivity contribution is -0.385. The number of nitrogens with zero attached hydrogens (tertiary/aromatic N) is 1. The summed E-state index contributed by atoms with van der Waals surface area (Å²) in [5.74, 6) is 0.709. The van der Waals surface area contributed by atoms with Crippen molar-refractivity contribution in [2.75, 3.05) is 13.6 Å². The molecule has 5 heteroatoms. The second-order valence-electron chi connectivity index (χ2n) is 5.15. The average Bonchev–Trinajstić information content (AvgIpc) is 2.33. The Morgan fingerprint density at radius 3 is 2.84 bits per heavy atom. The summed E-state index contributed by atoms with van der Waals surface area (Å²) in [4.78, 5) is 10.5. The highest BCUT2D eigenvalue weighted by Crippen LogP contribution is 2.31. The Kier molecular flexibility index (Phi) is 4.50. The lowest BCUT2D eigenvalue weighted by Gasteiger charge is -2.35. The normalized spacial score (nSPS) is 22.0. The van der Waals surface area contributed by atoms with Gasteiger partial charge in [-0.3, -0.25) is 10.1 Å². The Bertz CT molecular complexity index is 456. The van der Waals surface area contributed by atoms with Crippen LogP contribution in [0.1, 0.15) is 24.0 Å². The van der Waals surface area contributed by atoms with E-state index in [-0.39, 0.29) is 10.6 Å². The van der Waals surface area contributed by atoms with Crippen molar-refractivity contribution in [2.45, 2.75) is 32.5 Å². The minimum absolute atomic E-state index is 0.169. The molecule has 0 saturated heterocycles. The average molecular weight is 264 g/mol. The minimum atomic E-state index is -0.342. The molecule has 1 saturated carbocycles. The highest BCUT2D eigenvalue weighted by Gasteiger charge is 2.29. The first-order chi connectivity index (χ1) is 9.11. The van der Waals surface area contributed by atoms with Crippen molar-refractivity contribution >= 4 is 5.69 Å². The predicted molar refractivity (Wildman–Crippen MR) is 73.1 cm³/mol. The van der Waals surface area contributed by atoms with Crippen LogP contribution < -0.4 is 5.32 Å². The molecule has 104 valence electrons. The molecule has 0 bridgehead atoms. The van der Waals surface area contributed by atoms with E-state index in [0.717, 1.165) is 24.9 Å². The Morgan fingerprint density at radius 1 is 1.47 bits per heavy atom. The Hall–Kier alpha value is -1.46. The van der Waals surface area contributed by atoms with Gasteiger partial charge in [0.1, 0.15) is 0 Å². The molecule has 5 nitrogen and oxygen atoms in total. The van der Waals surface area contributed by atoms with Crippen molar-refractivity contribution in [2.24, 2.45) is 5.92 Å². The minimum Gasteiger partial charge on any atom is -0.374 e. The topological polar surface area (TPSA) is 64.4 Å². The SMILES string of the molecule is CNCC1CC(OCc2cccc([N+](=O)[O-])c2C)C1. The van der Waals surface area contributed by atoms with E-state index in [9.17, 15) is 10.1 Å². The molecule has 0 atom stereocenters. The number of benzene rings is 1. The van der Waals surface area contributed by atoms with E-state index in [2.05, 4.69) is 5.32 Å². The van der Waals surface area contributed by atoms with Gasteiger partial charge in [0.15, 0.2) is 0 Å². The van der Waals surface area contributed by atoms with Crippen molar-refractivity contribution in [3.8, 4) is 0 Å². The number of rotatable bonds is 6. The van der Waals surface area contributed by atoms with Gasteiger partial charge in [-0.15, -0.1) is 0 Å². The maximum Gasteiger partial charge on any atom is 0.272 e. The maximum absolute atomic E-state index is 10.9. The van der Waals surface area contributed by atoms with E-state index < -0.39 is 0 Å². The number of nitro benzene ring substituents is 1. The van der Waals surface area contributed by atoms with Gasteiger partial charge in [0.25, 0.3) is 5.69 Å². The molecule has 1 aromatic carbocycles. The largest absolute Gasteiger partial charge is 0.374 e. The summed E-state index contributed by atoms with van der Waals surface area (Å²) in [6.45, 7) is 3.28. The number of ether oxygens (including phenoxy) is 1. The van der Waals surface area contributed by atoms with Crippen LogP contribution in [0.15, 0.2) is 18.2 Å². The highest BCUT2D eigenvalue weighted by atomic mass is 16.6. The van der Waals surface area contributed by atoms with Gasteiger partial charge in [0.05, 0.1) is 17.6 Å². The van der Waals surface area contributed by atoms with Crippen LogP contribution in [-0.2, 0) is 11.3 Å². The molecule has 0 amide bonds. The molecule has 1 aliphatic carbocycles. The fourth-order valence-corrected chi connectivity index (χ4v) is 2.50. The molecule has 1 N–H and O–H groups in total. The van der Waals surface area contributed by atoms with E-state index in [1.54, 1.807) is 13.0 Å². The summed E-state index contributed by atoms with van der Waals surface area (Å²) in [6.07, 6.45) is 2.46. The van der Waals surface area contributed by atoms with Crippen molar-refractivity contribution < 1.29 is 9.66 Å². The zero-order valence-electron chi connectivity index (χ0n) is 11.4. The standard InChI is InChI=1S/C14H20N2O3/c1-10-12(4-3-5-14(10)16(17)18)9-19-13-6-11(7-13)8-15-2/h3-5,11,13,15H,6-9H2,1-2H3. The van der Waals surface area contributed by atoms with E-state index in [1.165, 1.54) is 6.07 Å². The number of hydrogen-bond donors (Lipinski definition) is 1. The number of nitrogens with one attached hydrogen (secondary N) is 1. The maximum atomic E-state index is 10.9. The van der Waals surface area contributed by atoms with Crippen LogP contribution in [0.2, 0.25) is 0 Å². The molecular formula is C14H20N2O3. The van der Waals surface area contributed by atoms with Gasteiger partial charge in [0.2, 0.25) is 0 Å². The second kappa shape index (κ2) is 6.12. The van der Waals surface area contributed by atoms with Crippen molar-refractivity contribution in [3.63, 3.8) is 0 Å². The lowest BCUT2D eigenvalue weighted by atomic mass is 9.82. The molecule has 0 aromatic heterocycles. The Labute approximate surface area is 113 Å². The van der Waals surface area contributed by atoms with Gasteiger partial charge < -0.3 is 10.1 Å². The van der Waals surface area contributed by atoms with Gasteiger partial charge in [-0.25, -0.2) is 0 Å². The van der Waals surface area contributed by atoms with Gasteiger partial charge >= 0.3 is 0 Å². The highest BCUT2D eigenvalue weighted by molar-refractivity contribution is 5.44. The van der Waals surface area contributed by atoms with Gasteiger partial charge in [-0.2, -0.15) is 0 Å². The van der Waals surface area contributed by atoms with E-state index in [4.69, 9.17) is 4.74 Å². The predicted octanol–water partition coefficient (Wildman–Crippen LogP) is 2.42. The first-order valence-corrected chi connectivity index (χ1v) is 6.61. The summed E-state index contributed by atoms with van der Waals surface area (Å²) in [7, 11) is 1.96. The molecule has 1 fully saturated rings. The van der Waals surface area contributed by atoms with Crippen LogP contribution in [0.5, 0.6) is 0 Å². The summed E-state index contributed by atoms with van der Waals surface area (Å²) in [5, 5.41) is 14.0. The zero-order valence-corrected chi connectivity index (χ0v) is 11.4. The van der Waals surface area contributed by atoms with Crippen molar-refractivity contribution in [3.05, 3.63) is 39.4 Å². The third kappa shape index (κ3) is 3.30. The van der Waals surface area contributed by atoms with Crippen LogP contribution in [0.3, 0.4) is 0 Å².